The lowest BCUT2D eigenvalue weighted by Crippen LogP contribution is -1.83. The number of nitrogens with one attached hydrogen (secondary N) is 1. The summed E-state index contributed by atoms with van der Waals surface area (Å²) in [6, 6.07) is 16.4. The van der Waals surface area contributed by atoms with E-state index in [4.69, 9.17) is 4.74 Å². The third kappa shape index (κ3) is 1.91. The summed E-state index contributed by atoms with van der Waals surface area (Å²) in [4.78, 5) is 3.41. The molecule has 1 N–H and O–H groups in total. The van der Waals surface area contributed by atoms with E-state index in [1.54, 1.807) is 7.11 Å². The molecular formula is C15H12BrNO. The zero-order chi connectivity index (χ0) is 12.5. The molecule has 0 aliphatic carbocycles. The van der Waals surface area contributed by atoms with Crippen LogP contribution >= 0.6 is 15.9 Å². The minimum atomic E-state index is 0.871. The smallest absolute Gasteiger partial charge is 0.142 e. The number of rotatable bonds is 2. The molecule has 90 valence electrons. The zero-order valence-electron chi connectivity index (χ0n) is 9.91. The lowest BCUT2D eigenvalue weighted by Gasteiger charge is -2.00. The van der Waals surface area contributed by atoms with Gasteiger partial charge in [0.15, 0.2) is 0 Å². The van der Waals surface area contributed by atoms with Crippen molar-refractivity contribution < 1.29 is 4.74 Å². The number of ether oxygens (including phenoxy) is 1. The quantitative estimate of drug-likeness (QED) is 0.735. The first kappa shape index (κ1) is 11.4. The number of hydrogen-bond donors (Lipinski definition) is 1. The topological polar surface area (TPSA) is 25.0 Å². The van der Waals surface area contributed by atoms with Gasteiger partial charge in [-0.1, -0.05) is 40.2 Å². The average molecular weight is 302 g/mol. The van der Waals surface area contributed by atoms with Gasteiger partial charge in [-0.2, -0.15) is 0 Å². The van der Waals surface area contributed by atoms with Crippen molar-refractivity contribution in [2.45, 2.75) is 0 Å². The van der Waals surface area contributed by atoms with Crippen LogP contribution in [-0.4, -0.2) is 12.1 Å². The number of para-hydroxylation sites is 1. The van der Waals surface area contributed by atoms with Crippen molar-refractivity contribution in [3.63, 3.8) is 0 Å². The maximum atomic E-state index is 5.36. The molecule has 0 saturated carbocycles. The summed E-state index contributed by atoms with van der Waals surface area (Å²) in [5.74, 6) is 0.871. The number of halogens is 1. The summed E-state index contributed by atoms with van der Waals surface area (Å²) in [5, 5.41) is 1.16. The zero-order valence-corrected chi connectivity index (χ0v) is 11.5. The van der Waals surface area contributed by atoms with Crippen molar-refractivity contribution in [1.82, 2.24) is 4.98 Å². The van der Waals surface area contributed by atoms with Crippen molar-refractivity contribution in [2.75, 3.05) is 7.11 Å². The number of hydrogen-bond acceptors (Lipinski definition) is 1. The van der Waals surface area contributed by atoms with Crippen LogP contribution in [0.3, 0.4) is 0 Å². The second kappa shape index (κ2) is 4.50. The molecule has 3 heteroatoms. The molecule has 0 fully saturated rings. The molecule has 0 bridgehead atoms. The fraction of sp³-hybridized carbons (Fsp3) is 0.0667. The Labute approximate surface area is 114 Å². The normalized spacial score (nSPS) is 10.8. The summed E-state index contributed by atoms with van der Waals surface area (Å²) in [6.45, 7) is 0. The van der Waals surface area contributed by atoms with E-state index in [1.807, 2.05) is 24.3 Å². The Kier molecular flexibility index (Phi) is 2.84. The molecule has 0 spiro atoms. The van der Waals surface area contributed by atoms with Gasteiger partial charge in [0.05, 0.1) is 12.6 Å². The van der Waals surface area contributed by atoms with Crippen LogP contribution in [0.15, 0.2) is 53.0 Å². The Morgan fingerprint density at radius 2 is 1.83 bits per heavy atom. The number of H-pyrrole nitrogens is 1. The largest absolute Gasteiger partial charge is 0.495 e. The molecule has 0 unspecified atom stereocenters. The number of methoxy groups -OCH3 is 1. The molecule has 0 aliphatic heterocycles. The second-order valence-corrected chi connectivity index (χ2v) is 5.03. The second-order valence-electron chi connectivity index (χ2n) is 4.11. The van der Waals surface area contributed by atoms with Crippen LogP contribution in [0, 0.1) is 0 Å². The Morgan fingerprint density at radius 1 is 1.06 bits per heavy atom. The molecule has 0 atom stereocenters. The van der Waals surface area contributed by atoms with Gasteiger partial charge in [-0.15, -0.1) is 0 Å². The molecule has 3 rings (SSSR count). The Balaban J connectivity index is 2.16. The van der Waals surface area contributed by atoms with E-state index in [0.29, 0.717) is 0 Å². The van der Waals surface area contributed by atoms with Gasteiger partial charge in [0, 0.05) is 15.6 Å². The van der Waals surface area contributed by atoms with Crippen molar-refractivity contribution in [3.05, 3.63) is 53.0 Å². The number of benzene rings is 2. The Hall–Kier alpha value is -1.74. The van der Waals surface area contributed by atoms with Gasteiger partial charge in [0.1, 0.15) is 5.75 Å². The van der Waals surface area contributed by atoms with Crippen LogP contribution in [0.1, 0.15) is 0 Å². The summed E-state index contributed by atoms with van der Waals surface area (Å²) < 4.78 is 6.44. The van der Waals surface area contributed by atoms with Gasteiger partial charge < -0.3 is 9.72 Å². The van der Waals surface area contributed by atoms with Crippen LogP contribution in [-0.2, 0) is 0 Å². The van der Waals surface area contributed by atoms with Crippen LogP contribution in [0.5, 0.6) is 5.75 Å². The number of aromatic nitrogens is 1. The predicted molar refractivity (Wildman–Crippen MR) is 78.0 cm³/mol. The van der Waals surface area contributed by atoms with Gasteiger partial charge in [-0.25, -0.2) is 0 Å². The summed E-state index contributed by atoms with van der Waals surface area (Å²) in [7, 11) is 1.69. The van der Waals surface area contributed by atoms with Gasteiger partial charge in [-0.05, 0) is 29.8 Å². The SMILES string of the molecule is COc1cccc2cc(-c3ccc(Br)cc3)[nH]c12. The summed E-state index contributed by atoms with van der Waals surface area (Å²) in [5.41, 5.74) is 3.30. The standard InChI is InChI=1S/C15H12BrNO/c1-18-14-4-2-3-11-9-13(17-15(11)14)10-5-7-12(16)8-6-10/h2-9,17H,1H3. The molecule has 3 aromatic rings. The van der Waals surface area contributed by atoms with Crippen LogP contribution in [0.4, 0.5) is 0 Å². The summed E-state index contributed by atoms with van der Waals surface area (Å²) in [6.07, 6.45) is 0. The molecule has 2 nitrogen and oxygen atoms in total. The highest BCUT2D eigenvalue weighted by Gasteiger charge is 2.06. The first-order chi connectivity index (χ1) is 8.78. The van der Waals surface area contributed by atoms with Gasteiger partial charge in [0.25, 0.3) is 0 Å². The molecular weight excluding hydrogens is 290 g/mol. The van der Waals surface area contributed by atoms with E-state index in [9.17, 15) is 0 Å². The molecule has 1 heterocycles. The van der Waals surface area contributed by atoms with Crippen LogP contribution in [0.25, 0.3) is 22.2 Å². The molecule has 0 saturated heterocycles. The average Bonchev–Trinajstić information content (AvgIpc) is 2.83. The molecule has 0 radical (unpaired) electrons. The van der Waals surface area contributed by atoms with Crippen molar-refractivity contribution in [2.24, 2.45) is 0 Å². The Bertz CT molecular complexity index is 685. The van der Waals surface area contributed by atoms with Crippen molar-refractivity contribution >= 4 is 26.8 Å². The lowest BCUT2D eigenvalue weighted by atomic mass is 10.1. The number of fused-ring (bicyclic) bond motifs is 1. The lowest BCUT2D eigenvalue weighted by molar-refractivity contribution is 0.419. The Morgan fingerprint density at radius 3 is 2.56 bits per heavy atom. The van der Waals surface area contributed by atoms with E-state index in [-0.39, 0.29) is 0 Å². The van der Waals surface area contributed by atoms with Gasteiger partial charge in [-0.3, -0.25) is 0 Å². The monoisotopic (exact) mass is 301 g/mol. The van der Waals surface area contributed by atoms with E-state index in [2.05, 4.69) is 45.2 Å². The van der Waals surface area contributed by atoms with Gasteiger partial charge >= 0.3 is 0 Å². The molecule has 1 aromatic heterocycles. The third-order valence-corrected chi connectivity index (χ3v) is 3.52. The molecule has 2 aromatic carbocycles. The summed E-state index contributed by atoms with van der Waals surface area (Å²) >= 11 is 3.45. The minimum Gasteiger partial charge on any atom is -0.495 e. The molecule has 0 amide bonds. The first-order valence-corrected chi connectivity index (χ1v) is 6.49. The van der Waals surface area contributed by atoms with Crippen LogP contribution < -0.4 is 4.74 Å². The van der Waals surface area contributed by atoms with Crippen molar-refractivity contribution in [1.29, 1.82) is 0 Å². The highest BCUT2D eigenvalue weighted by atomic mass is 79.9. The fourth-order valence-corrected chi connectivity index (χ4v) is 2.35. The molecule has 0 aliphatic rings. The van der Waals surface area contributed by atoms with E-state index in [0.717, 1.165) is 32.4 Å². The maximum absolute atomic E-state index is 5.36. The van der Waals surface area contributed by atoms with E-state index < -0.39 is 0 Å². The first-order valence-electron chi connectivity index (χ1n) is 5.69. The van der Waals surface area contributed by atoms with E-state index >= 15 is 0 Å². The fourth-order valence-electron chi connectivity index (χ4n) is 2.08. The van der Waals surface area contributed by atoms with E-state index in [1.165, 1.54) is 0 Å². The maximum Gasteiger partial charge on any atom is 0.142 e. The predicted octanol–water partition coefficient (Wildman–Crippen LogP) is 4.61. The van der Waals surface area contributed by atoms with Crippen LogP contribution in [0.2, 0.25) is 0 Å². The highest BCUT2D eigenvalue weighted by molar-refractivity contribution is 9.10. The number of aromatic amines is 1. The minimum absolute atomic E-state index is 0.871. The molecule has 18 heavy (non-hydrogen) atoms. The highest BCUT2D eigenvalue weighted by Crippen LogP contribution is 2.30. The third-order valence-electron chi connectivity index (χ3n) is 2.99. The van der Waals surface area contributed by atoms with Crippen molar-refractivity contribution in [3.8, 4) is 17.0 Å². The van der Waals surface area contributed by atoms with Gasteiger partial charge in [0.2, 0.25) is 0 Å².